The van der Waals surface area contributed by atoms with Crippen LogP contribution in [0.3, 0.4) is 0 Å². The summed E-state index contributed by atoms with van der Waals surface area (Å²) in [6, 6.07) is 5.01. The number of sulfonamides is 1. The molecule has 0 amide bonds. The van der Waals surface area contributed by atoms with Gasteiger partial charge >= 0.3 is 0 Å². The van der Waals surface area contributed by atoms with E-state index in [1.165, 1.54) is 4.31 Å². The van der Waals surface area contributed by atoms with Crippen molar-refractivity contribution in [2.75, 3.05) is 18.8 Å². The van der Waals surface area contributed by atoms with Gasteiger partial charge in [-0.05, 0) is 43.4 Å². The SMILES string of the molecule is Cc1ccc(S(=O)(=O)N2CC3CCC(O)C3C2)c(N)c1. The van der Waals surface area contributed by atoms with Crippen molar-refractivity contribution in [3.63, 3.8) is 0 Å². The lowest BCUT2D eigenvalue weighted by Crippen LogP contribution is -2.31. The molecule has 1 saturated carbocycles. The molecule has 1 aliphatic heterocycles. The van der Waals surface area contributed by atoms with Crippen LogP contribution < -0.4 is 5.73 Å². The zero-order valence-electron chi connectivity index (χ0n) is 11.5. The lowest BCUT2D eigenvalue weighted by molar-refractivity contribution is 0.129. The Morgan fingerprint density at radius 3 is 2.70 bits per heavy atom. The number of aliphatic hydroxyl groups is 1. The van der Waals surface area contributed by atoms with Crippen molar-refractivity contribution >= 4 is 15.7 Å². The average Bonchev–Trinajstić information content (AvgIpc) is 2.92. The van der Waals surface area contributed by atoms with E-state index >= 15 is 0 Å². The Hall–Kier alpha value is -1.11. The topological polar surface area (TPSA) is 83.6 Å². The number of rotatable bonds is 2. The molecule has 3 N–H and O–H groups in total. The van der Waals surface area contributed by atoms with Crippen LogP contribution in [-0.2, 0) is 10.0 Å². The minimum atomic E-state index is -3.55. The van der Waals surface area contributed by atoms with Crippen LogP contribution in [0.2, 0.25) is 0 Å². The smallest absolute Gasteiger partial charge is 0.245 e. The van der Waals surface area contributed by atoms with Crippen LogP contribution in [0.25, 0.3) is 0 Å². The molecule has 20 heavy (non-hydrogen) atoms. The summed E-state index contributed by atoms with van der Waals surface area (Å²) < 4.78 is 26.8. The van der Waals surface area contributed by atoms with E-state index in [1.807, 2.05) is 6.92 Å². The van der Waals surface area contributed by atoms with E-state index in [0.29, 0.717) is 18.8 Å². The molecular formula is C14H20N2O3S. The Kier molecular flexibility index (Phi) is 3.27. The number of hydrogen-bond acceptors (Lipinski definition) is 4. The van der Waals surface area contributed by atoms with Gasteiger partial charge in [-0.3, -0.25) is 0 Å². The number of anilines is 1. The van der Waals surface area contributed by atoms with Crippen LogP contribution in [0.5, 0.6) is 0 Å². The van der Waals surface area contributed by atoms with E-state index in [-0.39, 0.29) is 22.8 Å². The standard InChI is InChI=1S/C14H20N2O3S/c1-9-2-5-14(12(15)6-9)20(18,19)16-7-10-3-4-13(17)11(10)8-16/h2,5-6,10-11,13,17H,3-4,7-8,15H2,1H3. The summed E-state index contributed by atoms with van der Waals surface area (Å²) in [6.07, 6.45) is 1.33. The van der Waals surface area contributed by atoms with E-state index in [0.717, 1.165) is 18.4 Å². The fourth-order valence-corrected chi connectivity index (χ4v) is 5.07. The lowest BCUT2D eigenvalue weighted by Gasteiger charge is -2.19. The second kappa shape index (κ2) is 4.72. The molecule has 3 unspecified atom stereocenters. The first-order valence-electron chi connectivity index (χ1n) is 6.94. The molecule has 0 bridgehead atoms. The zero-order chi connectivity index (χ0) is 14.5. The first-order valence-corrected chi connectivity index (χ1v) is 8.38. The summed E-state index contributed by atoms with van der Waals surface area (Å²) in [4.78, 5) is 0.178. The van der Waals surface area contributed by atoms with Crippen LogP contribution in [0, 0.1) is 18.8 Å². The fraction of sp³-hybridized carbons (Fsp3) is 0.571. The summed E-state index contributed by atoms with van der Waals surface area (Å²) in [5.74, 6) is 0.364. The molecule has 1 aromatic rings. The quantitative estimate of drug-likeness (QED) is 0.797. The van der Waals surface area contributed by atoms with Gasteiger partial charge in [0.15, 0.2) is 0 Å². The van der Waals surface area contributed by atoms with Crippen molar-refractivity contribution in [3.8, 4) is 0 Å². The number of fused-ring (bicyclic) bond motifs is 1. The van der Waals surface area contributed by atoms with Crippen LogP contribution in [0.1, 0.15) is 18.4 Å². The van der Waals surface area contributed by atoms with Crippen molar-refractivity contribution in [2.45, 2.75) is 30.8 Å². The van der Waals surface area contributed by atoms with Gasteiger partial charge in [0.25, 0.3) is 0 Å². The van der Waals surface area contributed by atoms with Crippen molar-refractivity contribution in [1.29, 1.82) is 0 Å². The third-order valence-corrected chi connectivity index (χ3v) is 6.47. The lowest BCUT2D eigenvalue weighted by atomic mass is 10.00. The summed E-state index contributed by atoms with van der Waals surface area (Å²) in [7, 11) is -3.55. The number of aliphatic hydroxyl groups excluding tert-OH is 1. The highest BCUT2D eigenvalue weighted by atomic mass is 32.2. The summed E-state index contributed by atoms with van der Waals surface area (Å²) in [5.41, 5.74) is 7.10. The van der Waals surface area contributed by atoms with Crippen molar-refractivity contribution in [1.82, 2.24) is 4.31 Å². The highest BCUT2D eigenvalue weighted by Crippen LogP contribution is 2.40. The highest BCUT2D eigenvalue weighted by molar-refractivity contribution is 7.89. The number of nitrogen functional groups attached to an aromatic ring is 1. The van der Waals surface area contributed by atoms with Gasteiger partial charge < -0.3 is 10.8 Å². The number of nitrogens with two attached hydrogens (primary N) is 1. The molecule has 3 atom stereocenters. The van der Waals surface area contributed by atoms with Crippen LogP contribution >= 0.6 is 0 Å². The molecule has 1 aromatic carbocycles. The average molecular weight is 296 g/mol. The van der Waals surface area contributed by atoms with Gasteiger partial charge in [0, 0.05) is 19.0 Å². The highest BCUT2D eigenvalue weighted by Gasteiger charge is 2.46. The van der Waals surface area contributed by atoms with Crippen LogP contribution in [0.15, 0.2) is 23.1 Å². The molecule has 1 heterocycles. The van der Waals surface area contributed by atoms with Crippen molar-refractivity contribution < 1.29 is 13.5 Å². The first-order chi connectivity index (χ1) is 9.39. The maximum Gasteiger partial charge on any atom is 0.245 e. The molecule has 2 fully saturated rings. The fourth-order valence-electron chi connectivity index (χ4n) is 3.43. The van der Waals surface area contributed by atoms with Gasteiger partial charge in [0.05, 0.1) is 11.8 Å². The van der Waals surface area contributed by atoms with E-state index in [4.69, 9.17) is 5.73 Å². The Balaban J connectivity index is 1.90. The normalized spacial score (nSPS) is 30.6. The van der Waals surface area contributed by atoms with Gasteiger partial charge in [-0.15, -0.1) is 0 Å². The molecule has 1 aliphatic carbocycles. The predicted molar refractivity (Wildman–Crippen MR) is 76.6 cm³/mol. The third kappa shape index (κ3) is 2.12. The molecule has 1 saturated heterocycles. The Bertz CT molecular complexity index is 629. The molecule has 0 aromatic heterocycles. The summed E-state index contributed by atoms with van der Waals surface area (Å²) in [6.45, 7) is 2.78. The Morgan fingerprint density at radius 1 is 1.30 bits per heavy atom. The maximum absolute atomic E-state index is 12.7. The molecule has 110 valence electrons. The minimum absolute atomic E-state index is 0.0800. The van der Waals surface area contributed by atoms with Gasteiger partial charge in [-0.2, -0.15) is 4.31 Å². The molecule has 6 heteroatoms. The molecule has 0 radical (unpaired) electrons. The van der Waals surface area contributed by atoms with E-state index < -0.39 is 10.0 Å². The Labute approximate surface area is 119 Å². The molecular weight excluding hydrogens is 276 g/mol. The number of nitrogens with zero attached hydrogens (tertiary/aromatic N) is 1. The largest absolute Gasteiger partial charge is 0.398 e. The molecule has 3 rings (SSSR count). The maximum atomic E-state index is 12.7. The number of benzene rings is 1. The van der Waals surface area contributed by atoms with Crippen molar-refractivity contribution in [2.24, 2.45) is 11.8 Å². The van der Waals surface area contributed by atoms with Gasteiger partial charge in [-0.25, -0.2) is 8.42 Å². The third-order valence-electron chi connectivity index (χ3n) is 4.57. The molecule has 2 aliphatic rings. The van der Waals surface area contributed by atoms with Gasteiger partial charge in [0.2, 0.25) is 10.0 Å². The van der Waals surface area contributed by atoms with E-state index in [9.17, 15) is 13.5 Å². The zero-order valence-corrected chi connectivity index (χ0v) is 12.3. The van der Waals surface area contributed by atoms with Gasteiger partial charge in [-0.1, -0.05) is 6.07 Å². The summed E-state index contributed by atoms with van der Waals surface area (Å²) >= 11 is 0. The van der Waals surface area contributed by atoms with E-state index in [1.54, 1.807) is 18.2 Å². The minimum Gasteiger partial charge on any atom is -0.398 e. The van der Waals surface area contributed by atoms with Crippen LogP contribution in [-0.4, -0.2) is 37.0 Å². The molecule has 5 nitrogen and oxygen atoms in total. The second-order valence-corrected chi connectivity index (χ2v) is 7.84. The van der Waals surface area contributed by atoms with Crippen molar-refractivity contribution in [3.05, 3.63) is 23.8 Å². The monoisotopic (exact) mass is 296 g/mol. The predicted octanol–water partition coefficient (Wildman–Crippen LogP) is 0.969. The first kappa shape index (κ1) is 13.9. The van der Waals surface area contributed by atoms with E-state index in [2.05, 4.69) is 0 Å². The van der Waals surface area contributed by atoms with Crippen LogP contribution in [0.4, 0.5) is 5.69 Å². The molecule has 0 spiro atoms. The second-order valence-electron chi connectivity index (χ2n) is 5.93. The van der Waals surface area contributed by atoms with Gasteiger partial charge in [0.1, 0.15) is 4.90 Å². The summed E-state index contributed by atoms with van der Waals surface area (Å²) in [5, 5.41) is 9.90. The number of aryl methyl sites for hydroxylation is 1. The number of hydrogen-bond donors (Lipinski definition) is 2. The Morgan fingerprint density at radius 2 is 2.05 bits per heavy atom.